The van der Waals surface area contributed by atoms with Gasteiger partial charge in [-0.25, -0.2) is 0 Å². The third-order valence-corrected chi connectivity index (χ3v) is 4.49. The summed E-state index contributed by atoms with van der Waals surface area (Å²) in [7, 11) is 0. The molecule has 0 aliphatic heterocycles. The molecule has 4 bridgehead atoms. The van der Waals surface area contributed by atoms with Crippen molar-refractivity contribution in [3.8, 4) is 0 Å². The molecule has 4 atom stereocenters. The van der Waals surface area contributed by atoms with Crippen molar-refractivity contribution in [3.05, 3.63) is 0 Å². The average Bonchev–Trinajstić information content (AvgIpc) is 1.99. The summed E-state index contributed by atoms with van der Waals surface area (Å²) in [4.78, 5) is 0. The van der Waals surface area contributed by atoms with E-state index >= 15 is 0 Å². The first-order valence-electron chi connectivity index (χ1n) is 5.46. The van der Waals surface area contributed by atoms with Crippen molar-refractivity contribution in [2.75, 3.05) is 6.61 Å². The van der Waals surface area contributed by atoms with Gasteiger partial charge in [-0.05, 0) is 55.8 Å². The lowest BCUT2D eigenvalue weighted by molar-refractivity contribution is -0.174. The van der Waals surface area contributed by atoms with E-state index in [9.17, 15) is 10.2 Å². The predicted octanol–water partition coefficient (Wildman–Crippen LogP) is 1.31. The molecule has 0 heterocycles. The van der Waals surface area contributed by atoms with Gasteiger partial charge >= 0.3 is 0 Å². The smallest absolute Gasteiger partial charge is 0.0659 e. The summed E-state index contributed by atoms with van der Waals surface area (Å²) in [6.07, 6.45) is 6.52. The molecule has 74 valence electrons. The minimum absolute atomic E-state index is 0.110. The quantitative estimate of drug-likeness (QED) is 0.642. The van der Waals surface area contributed by atoms with Crippen LogP contribution in [0.1, 0.15) is 38.5 Å². The van der Waals surface area contributed by atoms with Crippen LogP contribution in [0.15, 0.2) is 0 Å². The Bertz CT molecular complexity index is 222. The van der Waals surface area contributed by atoms with Gasteiger partial charge in [0.15, 0.2) is 0 Å². The lowest BCUT2D eigenvalue weighted by atomic mass is 9.48. The molecular weight excluding hydrogens is 164 g/mol. The van der Waals surface area contributed by atoms with Gasteiger partial charge in [-0.2, -0.15) is 0 Å². The highest BCUT2D eigenvalue weighted by Gasteiger charge is 2.56. The number of hydrogen-bond acceptors (Lipinski definition) is 2. The molecule has 2 N–H and O–H groups in total. The minimum Gasteiger partial charge on any atom is -0.396 e. The number of hydrogen-bond donors (Lipinski definition) is 2. The van der Waals surface area contributed by atoms with Crippen LogP contribution in [-0.4, -0.2) is 22.4 Å². The van der Waals surface area contributed by atoms with Gasteiger partial charge in [-0.15, -0.1) is 0 Å². The summed E-state index contributed by atoms with van der Waals surface area (Å²) >= 11 is 0. The molecule has 4 fully saturated rings. The van der Waals surface area contributed by atoms with E-state index in [1.165, 1.54) is 19.3 Å². The Morgan fingerprint density at radius 2 is 1.69 bits per heavy atom. The van der Waals surface area contributed by atoms with Crippen LogP contribution in [0, 0.1) is 17.3 Å². The standard InChI is InChI=1S/C11H18O2/c12-7-10-2-8-1-9(3-10)5-11(13,4-8)6-10/h8-9,12-13H,1-7H2/t8-,9?,10?,11?/m1/s1. The zero-order chi connectivity index (χ0) is 9.10. The molecule has 13 heavy (non-hydrogen) atoms. The monoisotopic (exact) mass is 182 g/mol. The third kappa shape index (κ3) is 1.08. The van der Waals surface area contributed by atoms with E-state index in [4.69, 9.17) is 0 Å². The van der Waals surface area contributed by atoms with Gasteiger partial charge in [0.25, 0.3) is 0 Å². The Labute approximate surface area is 79.0 Å². The van der Waals surface area contributed by atoms with Gasteiger partial charge in [0.05, 0.1) is 5.60 Å². The molecule has 3 unspecified atom stereocenters. The minimum atomic E-state index is -0.396. The van der Waals surface area contributed by atoms with Crippen molar-refractivity contribution in [2.45, 2.75) is 44.1 Å². The topological polar surface area (TPSA) is 40.5 Å². The third-order valence-electron chi connectivity index (χ3n) is 4.49. The zero-order valence-electron chi connectivity index (χ0n) is 8.00. The van der Waals surface area contributed by atoms with Crippen molar-refractivity contribution in [2.24, 2.45) is 17.3 Å². The Kier molecular flexibility index (Phi) is 1.45. The van der Waals surface area contributed by atoms with Crippen LogP contribution in [0.3, 0.4) is 0 Å². The highest BCUT2D eigenvalue weighted by atomic mass is 16.3. The first-order valence-corrected chi connectivity index (χ1v) is 5.46. The molecule has 4 rings (SSSR count). The molecule has 4 aliphatic carbocycles. The van der Waals surface area contributed by atoms with E-state index in [1.807, 2.05) is 0 Å². The molecule has 2 nitrogen and oxygen atoms in total. The fourth-order valence-corrected chi connectivity index (χ4v) is 4.59. The Hall–Kier alpha value is -0.0800. The summed E-state index contributed by atoms with van der Waals surface area (Å²) in [6.45, 7) is 0.294. The lowest BCUT2D eigenvalue weighted by Crippen LogP contribution is -2.56. The second-order valence-corrected chi connectivity index (χ2v) is 5.84. The number of aliphatic hydroxyl groups excluding tert-OH is 1. The molecule has 0 aromatic heterocycles. The molecule has 4 aliphatic rings. The van der Waals surface area contributed by atoms with E-state index < -0.39 is 5.60 Å². The van der Waals surface area contributed by atoms with Gasteiger partial charge in [0.1, 0.15) is 0 Å². The summed E-state index contributed by atoms with van der Waals surface area (Å²) in [5.74, 6) is 1.41. The summed E-state index contributed by atoms with van der Waals surface area (Å²) < 4.78 is 0. The van der Waals surface area contributed by atoms with Crippen LogP contribution in [0.25, 0.3) is 0 Å². The molecule has 0 radical (unpaired) electrons. The summed E-state index contributed by atoms with van der Waals surface area (Å²) in [5, 5.41) is 19.7. The SMILES string of the molecule is OCC12CC3C[C@@H](CC(O)(C3)C1)C2. The normalized spacial score (nSPS) is 58.6. The number of rotatable bonds is 1. The maximum Gasteiger partial charge on any atom is 0.0659 e. The van der Waals surface area contributed by atoms with Gasteiger partial charge < -0.3 is 10.2 Å². The Balaban J connectivity index is 1.95. The predicted molar refractivity (Wildman–Crippen MR) is 49.2 cm³/mol. The van der Waals surface area contributed by atoms with Gasteiger partial charge in [0, 0.05) is 6.61 Å². The van der Waals surface area contributed by atoms with E-state index in [0.717, 1.165) is 19.3 Å². The molecular formula is C11H18O2. The van der Waals surface area contributed by atoms with Crippen LogP contribution in [0.2, 0.25) is 0 Å². The second kappa shape index (κ2) is 2.29. The van der Waals surface area contributed by atoms with Crippen molar-refractivity contribution >= 4 is 0 Å². The summed E-state index contributed by atoms with van der Waals surface area (Å²) in [6, 6.07) is 0. The van der Waals surface area contributed by atoms with Crippen LogP contribution >= 0.6 is 0 Å². The number of aliphatic hydroxyl groups is 2. The maximum atomic E-state index is 10.3. The van der Waals surface area contributed by atoms with Gasteiger partial charge in [-0.3, -0.25) is 0 Å². The Morgan fingerprint density at radius 1 is 1.08 bits per heavy atom. The molecule has 0 amide bonds. The first-order chi connectivity index (χ1) is 6.13. The van der Waals surface area contributed by atoms with Crippen LogP contribution < -0.4 is 0 Å². The highest BCUT2D eigenvalue weighted by molar-refractivity contribution is 5.07. The average molecular weight is 182 g/mol. The molecule has 4 saturated carbocycles. The lowest BCUT2D eigenvalue weighted by Gasteiger charge is -2.59. The largest absolute Gasteiger partial charge is 0.396 e. The van der Waals surface area contributed by atoms with Crippen molar-refractivity contribution in [1.82, 2.24) is 0 Å². The van der Waals surface area contributed by atoms with E-state index in [1.54, 1.807) is 0 Å². The summed E-state index contributed by atoms with van der Waals surface area (Å²) in [5.41, 5.74) is -0.286. The van der Waals surface area contributed by atoms with Crippen molar-refractivity contribution in [3.63, 3.8) is 0 Å². The van der Waals surface area contributed by atoms with E-state index in [-0.39, 0.29) is 5.41 Å². The van der Waals surface area contributed by atoms with Crippen molar-refractivity contribution < 1.29 is 10.2 Å². The first kappa shape index (κ1) is 8.25. The second-order valence-electron chi connectivity index (χ2n) is 5.84. The fourth-order valence-electron chi connectivity index (χ4n) is 4.59. The van der Waals surface area contributed by atoms with Crippen LogP contribution in [-0.2, 0) is 0 Å². The zero-order valence-corrected chi connectivity index (χ0v) is 8.00. The molecule has 2 heteroatoms. The van der Waals surface area contributed by atoms with Crippen molar-refractivity contribution in [1.29, 1.82) is 0 Å². The molecule has 0 spiro atoms. The van der Waals surface area contributed by atoms with Crippen LogP contribution in [0.4, 0.5) is 0 Å². The van der Waals surface area contributed by atoms with Crippen LogP contribution in [0.5, 0.6) is 0 Å². The van der Waals surface area contributed by atoms with E-state index in [2.05, 4.69) is 0 Å². The molecule has 0 aromatic rings. The molecule has 0 saturated heterocycles. The Morgan fingerprint density at radius 3 is 2.15 bits per heavy atom. The van der Waals surface area contributed by atoms with Gasteiger partial charge in [0.2, 0.25) is 0 Å². The molecule has 0 aromatic carbocycles. The van der Waals surface area contributed by atoms with Gasteiger partial charge in [-0.1, -0.05) is 0 Å². The fraction of sp³-hybridized carbons (Fsp3) is 1.00. The van der Waals surface area contributed by atoms with E-state index in [0.29, 0.717) is 18.4 Å². The maximum absolute atomic E-state index is 10.3. The highest BCUT2D eigenvalue weighted by Crippen LogP contribution is 2.61.